The van der Waals surface area contributed by atoms with Crippen LogP contribution in [-0.4, -0.2) is 33.0 Å². The maximum atomic E-state index is 4.87. The summed E-state index contributed by atoms with van der Waals surface area (Å²) in [4.78, 5) is 16.9. The summed E-state index contributed by atoms with van der Waals surface area (Å²) in [5.74, 6) is 2.10. The van der Waals surface area contributed by atoms with Gasteiger partial charge in [0.05, 0.1) is 34.2 Å². The van der Waals surface area contributed by atoms with Crippen LogP contribution in [0.2, 0.25) is 0 Å². The molecule has 0 spiro atoms. The molecule has 0 saturated carbocycles. The van der Waals surface area contributed by atoms with E-state index >= 15 is 0 Å². The molecule has 2 aliphatic heterocycles. The highest BCUT2D eigenvalue weighted by Crippen LogP contribution is 2.37. The standard InChI is InChI=1S/C32H30N6/c1-5-21(19-11-13-25-29(17-19)37-31(35-25)27-9-3-15-33-27)24-8-2-6-22(23(24)7-1)20-12-14-26-30(18-20)38-32(36-26)28-10-4-16-34-28/h1-2,5-8,11-14,17-18,27-28,33-34H,3-4,9-10,15-16H2,(H,35,37)(H,36,38)/t27-,28-/m0/s1. The molecule has 6 nitrogen and oxygen atoms in total. The van der Waals surface area contributed by atoms with Crippen LogP contribution >= 0.6 is 0 Å². The van der Waals surface area contributed by atoms with E-state index in [1.54, 1.807) is 0 Å². The lowest BCUT2D eigenvalue weighted by atomic mass is 9.93. The molecule has 6 heteroatoms. The van der Waals surface area contributed by atoms with Gasteiger partial charge < -0.3 is 20.6 Å². The van der Waals surface area contributed by atoms with Gasteiger partial charge in [-0.3, -0.25) is 0 Å². The second-order valence-electron chi connectivity index (χ2n) is 10.7. The topological polar surface area (TPSA) is 81.4 Å². The first kappa shape index (κ1) is 22.0. The van der Waals surface area contributed by atoms with Crippen LogP contribution in [0.3, 0.4) is 0 Å². The smallest absolute Gasteiger partial charge is 0.124 e. The summed E-state index contributed by atoms with van der Waals surface area (Å²) in [5, 5.41) is 9.60. The molecule has 2 saturated heterocycles. The van der Waals surface area contributed by atoms with Crippen LogP contribution in [-0.2, 0) is 0 Å². The van der Waals surface area contributed by atoms with Crippen LogP contribution in [0.4, 0.5) is 0 Å². The molecule has 38 heavy (non-hydrogen) atoms. The highest BCUT2D eigenvalue weighted by atomic mass is 15.0. The van der Waals surface area contributed by atoms with Crippen molar-refractivity contribution in [3.63, 3.8) is 0 Å². The summed E-state index contributed by atoms with van der Waals surface area (Å²) in [6, 6.07) is 27.1. The van der Waals surface area contributed by atoms with E-state index in [1.807, 2.05) is 0 Å². The Balaban J connectivity index is 1.20. The van der Waals surface area contributed by atoms with Gasteiger partial charge in [0.2, 0.25) is 0 Å². The summed E-state index contributed by atoms with van der Waals surface area (Å²) in [6.07, 6.45) is 4.69. The zero-order chi connectivity index (χ0) is 25.1. The zero-order valence-corrected chi connectivity index (χ0v) is 21.2. The van der Waals surface area contributed by atoms with Gasteiger partial charge in [0.1, 0.15) is 11.6 Å². The largest absolute Gasteiger partial charge is 0.341 e. The molecule has 4 aromatic carbocycles. The quantitative estimate of drug-likeness (QED) is 0.216. The lowest BCUT2D eigenvalue weighted by Crippen LogP contribution is -2.13. The monoisotopic (exact) mass is 498 g/mol. The average molecular weight is 499 g/mol. The van der Waals surface area contributed by atoms with Gasteiger partial charge in [0.15, 0.2) is 0 Å². The maximum Gasteiger partial charge on any atom is 0.124 e. The molecule has 8 rings (SSSR count). The molecule has 188 valence electrons. The van der Waals surface area contributed by atoms with Crippen LogP contribution in [0.25, 0.3) is 55.1 Å². The number of H-pyrrole nitrogens is 2. The minimum atomic E-state index is 0.337. The number of aromatic nitrogens is 4. The van der Waals surface area contributed by atoms with Gasteiger partial charge in [0.25, 0.3) is 0 Å². The Bertz CT molecular complexity index is 1670. The van der Waals surface area contributed by atoms with Crippen molar-refractivity contribution in [2.24, 2.45) is 0 Å². The predicted molar refractivity (Wildman–Crippen MR) is 154 cm³/mol. The summed E-state index contributed by atoms with van der Waals surface area (Å²) < 4.78 is 0. The first-order valence-electron chi connectivity index (χ1n) is 13.8. The van der Waals surface area contributed by atoms with Crippen LogP contribution in [0, 0.1) is 0 Å². The molecule has 0 radical (unpaired) electrons. The second kappa shape index (κ2) is 8.79. The third-order valence-electron chi connectivity index (χ3n) is 8.33. The van der Waals surface area contributed by atoms with Gasteiger partial charge in [-0.1, -0.05) is 48.5 Å². The highest BCUT2D eigenvalue weighted by molar-refractivity contribution is 6.05. The number of hydrogen-bond acceptors (Lipinski definition) is 4. The second-order valence-corrected chi connectivity index (χ2v) is 10.7. The minimum Gasteiger partial charge on any atom is -0.341 e. The number of aromatic amines is 2. The van der Waals surface area contributed by atoms with Crippen molar-refractivity contribution in [3.8, 4) is 22.3 Å². The van der Waals surface area contributed by atoms with Crippen molar-refractivity contribution >= 4 is 32.8 Å². The number of rotatable bonds is 4. The van der Waals surface area contributed by atoms with Gasteiger partial charge in [-0.05, 0) is 96.1 Å². The number of hydrogen-bond donors (Lipinski definition) is 4. The molecule has 0 bridgehead atoms. The number of fused-ring (bicyclic) bond motifs is 3. The van der Waals surface area contributed by atoms with Gasteiger partial charge in [0, 0.05) is 0 Å². The number of imidazole rings is 2. The lowest BCUT2D eigenvalue weighted by Gasteiger charge is -2.11. The lowest BCUT2D eigenvalue weighted by molar-refractivity contribution is 0.614. The number of benzene rings is 4. The highest BCUT2D eigenvalue weighted by Gasteiger charge is 2.21. The molecule has 2 aromatic heterocycles. The van der Waals surface area contributed by atoms with Gasteiger partial charge >= 0.3 is 0 Å². The summed E-state index contributed by atoms with van der Waals surface area (Å²) >= 11 is 0. The molecule has 2 fully saturated rings. The van der Waals surface area contributed by atoms with Crippen molar-refractivity contribution in [1.82, 2.24) is 30.6 Å². The van der Waals surface area contributed by atoms with E-state index in [1.165, 1.54) is 45.9 Å². The van der Waals surface area contributed by atoms with E-state index in [4.69, 9.17) is 9.97 Å². The Morgan fingerprint density at radius 3 is 1.53 bits per heavy atom. The van der Waals surface area contributed by atoms with E-state index in [-0.39, 0.29) is 0 Å². The Labute approximate surface area is 220 Å². The van der Waals surface area contributed by atoms with Gasteiger partial charge in [-0.15, -0.1) is 0 Å². The van der Waals surface area contributed by atoms with Crippen LogP contribution in [0.5, 0.6) is 0 Å². The first-order valence-corrected chi connectivity index (χ1v) is 13.8. The van der Waals surface area contributed by atoms with Crippen molar-refractivity contribution in [2.45, 2.75) is 37.8 Å². The van der Waals surface area contributed by atoms with E-state index in [2.05, 4.69) is 93.4 Å². The van der Waals surface area contributed by atoms with Crippen molar-refractivity contribution in [3.05, 3.63) is 84.4 Å². The van der Waals surface area contributed by atoms with Crippen LogP contribution in [0.15, 0.2) is 72.8 Å². The maximum absolute atomic E-state index is 4.87. The summed E-state index contributed by atoms with van der Waals surface area (Å²) in [6.45, 7) is 2.13. The molecule has 4 heterocycles. The van der Waals surface area contributed by atoms with Crippen LogP contribution < -0.4 is 10.6 Å². The molecular weight excluding hydrogens is 468 g/mol. The molecule has 6 aromatic rings. The molecule has 2 aliphatic rings. The SMILES string of the molecule is c1cc(-c2ccc3nc([C@@H]4CCCN4)[nH]c3c2)c2cccc(-c3ccc4nc([C@@H]5CCCN5)[nH]c4c3)c2c1. The van der Waals surface area contributed by atoms with Crippen molar-refractivity contribution in [1.29, 1.82) is 0 Å². The molecular formula is C32H30N6. The first-order chi connectivity index (χ1) is 18.8. The predicted octanol–water partition coefficient (Wildman–Crippen LogP) is 6.78. The van der Waals surface area contributed by atoms with Gasteiger partial charge in [-0.2, -0.15) is 0 Å². The normalized spacial score (nSPS) is 19.8. The fourth-order valence-electron chi connectivity index (χ4n) is 6.37. The Hall–Kier alpha value is -4.00. The minimum absolute atomic E-state index is 0.337. The molecule has 0 aliphatic carbocycles. The summed E-state index contributed by atoms with van der Waals surface area (Å²) in [5.41, 5.74) is 9.11. The Morgan fingerprint density at radius 2 is 1.08 bits per heavy atom. The van der Waals surface area contributed by atoms with E-state index < -0.39 is 0 Å². The summed E-state index contributed by atoms with van der Waals surface area (Å²) in [7, 11) is 0. The molecule has 2 atom stereocenters. The van der Waals surface area contributed by atoms with E-state index in [0.717, 1.165) is 59.6 Å². The van der Waals surface area contributed by atoms with E-state index in [0.29, 0.717) is 12.1 Å². The molecule has 0 unspecified atom stereocenters. The number of nitrogens with one attached hydrogen (secondary N) is 4. The zero-order valence-electron chi connectivity index (χ0n) is 21.2. The fraction of sp³-hybridized carbons (Fsp3) is 0.250. The van der Waals surface area contributed by atoms with Gasteiger partial charge in [-0.25, -0.2) is 9.97 Å². The third-order valence-corrected chi connectivity index (χ3v) is 8.33. The third kappa shape index (κ3) is 3.63. The molecule has 0 amide bonds. The van der Waals surface area contributed by atoms with Crippen LogP contribution in [0.1, 0.15) is 49.4 Å². The fourth-order valence-corrected chi connectivity index (χ4v) is 6.37. The van der Waals surface area contributed by atoms with Crippen molar-refractivity contribution in [2.75, 3.05) is 13.1 Å². The average Bonchev–Trinajstić information content (AvgIpc) is 3.77. The number of nitrogens with zero attached hydrogens (tertiary/aromatic N) is 2. The van der Waals surface area contributed by atoms with E-state index in [9.17, 15) is 0 Å². The molecule has 4 N–H and O–H groups in total. The van der Waals surface area contributed by atoms with Crippen molar-refractivity contribution < 1.29 is 0 Å². The Kier molecular flexibility index (Phi) is 5.10. The Morgan fingerprint density at radius 1 is 0.579 bits per heavy atom.